The molecule has 2 aromatic carbocycles. The van der Waals surface area contributed by atoms with E-state index in [9.17, 15) is 9.90 Å². The number of phenolic OH excluding ortho intramolecular Hbond substituents is 1. The van der Waals surface area contributed by atoms with E-state index in [1.807, 2.05) is 42.5 Å². The van der Waals surface area contributed by atoms with E-state index in [1.165, 1.54) is 25.7 Å². The van der Waals surface area contributed by atoms with Crippen LogP contribution in [0, 0.1) is 17.8 Å². The molecular formula is C26H30N2O3. The number of fused-ring (bicyclic) bond motifs is 3. The van der Waals surface area contributed by atoms with Gasteiger partial charge in [-0.05, 0) is 73.6 Å². The summed E-state index contributed by atoms with van der Waals surface area (Å²) in [5.74, 6) is 3.22. The highest BCUT2D eigenvalue weighted by Crippen LogP contribution is 2.49. The lowest BCUT2D eigenvalue weighted by atomic mass is 9.86. The van der Waals surface area contributed by atoms with Crippen LogP contribution >= 0.6 is 0 Å². The fraction of sp³-hybridized carbons (Fsp3) is 0.462. The summed E-state index contributed by atoms with van der Waals surface area (Å²) in [5, 5.41) is 13.3. The Bertz CT molecular complexity index is 1030. The van der Waals surface area contributed by atoms with Crippen LogP contribution in [0.3, 0.4) is 0 Å². The lowest BCUT2D eigenvalue weighted by Gasteiger charge is -2.21. The van der Waals surface area contributed by atoms with Crippen molar-refractivity contribution in [3.05, 3.63) is 60.0 Å². The summed E-state index contributed by atoms with van der Waals surface area (Å²) in [5.41, 5.74) is 2.49. The second-order valence-electron chi connectivity index (χ2n) is 9.33. The standard InChI is InChI=1S/C26H30N2O3/c29-23-7-3-1-5-18(23)11-12-20(26-28-22-6-2-4-8-24(22)31-26)16-27-25(30)15-21-14-17-9-10-19(21)13-17/h1-8,17,19-21,29H,9-16H2,(H,27,30). The van der Waals surface area contributed by atoms with Crippen LogP contribution in [-0.2, 0) is 11.2 Å². The third-order valence-corrected chi connectivity index (χ3v) is 7.29. The molecule has 1 aromatic heterocycles. The molecular weight excluding hydrogens is 388 g/mol. The average Bonchev–Trinajstić information content (AvgIpc) is 3.50. The number of aromatic nitrogens is 1. The lowest BCUT2D eigenvalue weighted by molar-refractivity contribution is -0.122. The number of para-hydroxylation sites is 3. The third kappa shape index (κ3) is 4.46. The highest BCUT2D eigenvalue weighted by molar-refractivity contribution is 5.76. The Morgan fingerprint density at radius 2 is 1.97 bits per heavy atom. The maximum absolute atomic E-state index is 12.7. The maximum Gasteiger partial charge on any atom is 0.220 e. The molecule has 2 aliphatic carbocycles. The predicted octanol–water partition coefficient (Wildman–Crippen LogP) is 5.19. The molecule has 5 nitrogen and oxygen atoms in total. The number of carbonyl (C=O) groups excluding carboxylic acids is 1. The third-order valence-electron chi connectivity index (χ3n) is 7.29. The van der Waals surface area contributed by atoms with Crippen molar-refractivity contribution in [1.82, 2.24) is 10.3 Å². The Kier molecular flexibility index (Phi) is 5.66. The number of hydrogen-bond donors (Lipinski definition) is 2. The Morgan fingerprint density at radius 3 is 2.74 bits per heavy atom. The number of benzene rings is 2. The van der Waals surface area contributed by atoms with Crippen LogP contribution in [0.15, 0.2) is 52.9 Å². The van der Waals surface area contributed by atoms with Gasteiger partial charge in [0.25, 0.3) is 0 Å². The Hall–Kier alpha value is -2.82. The van der Waals surface area contributed by atoms with Gasteiger partial charge in [-0.15, -0.1) is 0 Å². The molecule has 3 aromatic rings. The first-order chi connectivity index (χ1) is 15.2. The van der Waals surface area contributed by atoms with Crippen molar-refractivity contribution in [3.8, 4) is 5.75 Å². The molecule has 5 heteroatoms. The Labute approximate surface area is 182 Å². The van der Waals surface area contributed by atoms with E-state index in [0.29, 0.717) is 36.9 Å². The van der Waals surface area contributed by atoms with Gasteiger partial charge in [0, 0.05) is 13.0 Å². The Morgan fingerprint density at radius 1 is 1.13 bits per heavy atom. The molecule has 31 heavy (non-hydrogen) atoms. The van der Waals surface area contributed by atoms with Gasteiger partial charge in [0.05, 0.1) is 5.92 Å². The number of phenols is 1. The number of hydrogen-bond acceptors (Lipinski definition) is 4. The van der Waals surface area contributed by atoms with E-state index >= 15 is 0 Å². The first kappa shape index (κ1) is 20.1. The monoisotopic (exact) mass is 418 g/mol. The van der Waals surface area contributed by atoms with E-state index in [-0.39, 0.29) is 11.8 Å². The van der Waals surface area contributed by atoms with Crippen molar-refractivity contribution in [2.75, 3.05) is 6.54 Å². The maximum atomic E-state index is 12.7. The number of aromatic hydroxyl groups is 1. The highest BCUT2D eigenvalue weighted by atomic mass is 16.3. The minimum Gasteiger partial charge on any atom is -0.508 e. The summed E-state index contributed by atoms with van der Waals surface area (Å²) >= 11 is 0. The van der Waals surface area contributed by atoms with Crippen LogP contribution < -0.4 is 5.32 Å². The zero-order valence-corrected chi connectivity index (χ0v) is 17.8. The molecule has 4 atom stereocenters. The van der Waals surface area contributed by atoms with E-state index in [1.54, 1.807) is 6.07 Å². The number of aryl methyl sites for hydroxylation is 1. The number of nitrogens with zero attached hydrogens (tertiary/aromatic N) is 1. The second-order valence-corrected chi connectivity index (χ2v) is 9.33. The van der Waals surface area contributed by atoms with Crippen LogP contribution in [0.1, 0.15) is 55.9 Å². The molecule has 0 radical (unpaired) electrons. The van der Waals surface area contributed by atoms with Crippen LogP contribution in [-0.4, -0.2) is 22.5 Å². The summed E-state index contributed by atoms with van der Waals surface area (Å²) in [4.78, 5) is 17.4. The minimum atomic E-state index is -0.0454. The predicted molar refractivity (Wildman–Crippen MR) is 120 cm³/mol. The fourth-order valence-electron chi connectivity index (χ4n) is 5.60. The molecule has 0 spiro atoms. The molecule has 2 aliphatic rings. The molecule has 2 saturated carbocycles. The lowest BCUT2D eigenvalue weighted by Crippen LogP contribution is -2.31. The minimum absolute atomic E-state index is 0.0454. The number of oxazole rings is 1. The van der Waals surface area contributed by atoms with Crippen LogP contribution in [0.25, 0.3) is 11.1 Å². The first-order valence-corrected chi connectivity index (χ1v) is 11.5. The Balaban J connectivity index is 1.26. The van der Waals surface area contributed by atoms with Gasteiger partial charge < -0.3 is 14.8 Å². The van der Waals surface area contributed by atoms with Gasteiger partial charge >= 0.3 is 0 Å². The van der Waals surface area contributed by atoms with Gasteiger partial charge in [0.1, 0.15) is 11.3 Å². The molecule has 2 bridgehead atoms. The molecule has 2 fully saturated rings. The molecule has 1 heterocycles. The zero-order valence-electron chi connectivity index (χ0n) is 17.8. The van der Waals surface area contributed by atoms with E-state index in [2.05, 4.69) is 10.3 Å². The summed E-state index contributed by atoms with van der Waals surface area (Å²) in [6.07, 6.45) is 7.27. The van der Waals surface area contributed by atoms with Crippen molar-refractivity contribution >= 4 is 17.0 Å². The summed E-state index contributed by atoms with van der Waals surface area (Å²) < 4.78 is 6.03. The summed E-state index contributed by atoms with van der Waals surface area (Å²) in [6, 6.07) is 15.1. The molecule has 4 unspecified atom stereocenters. The number of nitrogens with one attached hydrogen (secondary N) is 1. The van der Waals surface area contributed by atoms with Crippen LogP contribution in [0.4, 0.5) is 0 Å². The van der Waals surface area contributed by atoms with Crippen molar-refractivity contribution in [2.24, 2.45) is 17.8 Å². The topological polar surface area (TPSA) is 75.4 Å². The first-order valence-electron chi connectivity index (χ1n) is 11.5. The molecule has 0 aliphatic heterocycles. The quantitative estimate of drug-likeness (QED) is 0.528. The SMILES string of the molecule is O=C(CC1CC2CCC1C2)NCC(CCc1ccccc1O)c1nc2ccccc2o1. The summed E-state index contributed by atoms with van der Waals surface area (Å²) in [6.45, 7) is 0.500. The van der Waals surface area contributed by atoms with Gasteiger partial charge in [-0.25, -0.2) is 4.98 Å². The van der Waals surface area contributed by atoms with Crippen molar-refractivity contribution in [1.29, 1.82) is 0 Å². The van der Waals surface area contributed by atoms with Gasteiger partial charge in [-0.2, -0.15) is 0 Å². The van der Waals surface area contributed by atoms with Crippen LogP contribution in [0.5, 0.6) is 5.75 Å². The summed E-state index contributed by atoms with van der Waals surface area (Å²) in [7, 11) is 0. The smallest absolute Gasteiger partial charge is 0.220 e. The van der Waals surface area contributed by atoms with Crippen LogP contribution in [0.2, 0.25) is 0 Å². The molecule has 2 N–H and O–H groups in total. The van der Waals surface area contributed by atoms with Gasteiger partial charge in [0.15, 0.2) is 11.5 Å². The average molecular weight is 419 g/mol. The number of carbonyl (C=O) groups is 1. The molecule has 1 amide bonds. The molecule has 0 saturated heterocycles. The normalized spacial score (nSPS) is 23.3. The van der Waals surface area contributed by atoms with Crippen molar-refractivity contribution in [3.63, 3.8) is 0 Å². The van der Waals surface area contributed by atoms with E-state index in [4.69, 9.17) is 4.42 Å². The molecule has 5 rings (SSSR count). The van der Waals surface area contributed by atoms with Gasteiger partial charge in [-0.3, -0.25) is 4.79 Å². The zero-order chi connectivity index (χ0) is 21.2. The number of amides is 1. The van der Waals surface area contributed by atoms with Gasteiger partial charge in [0.2, 0.25) is 5.91 Å². The van der Waals surface area contributed by atoms with E-state index in [0.717, 1.165) is 34.9 Å². The van der Waals surface area contributed by atoms with Gasteiger partial charge in [-0.1, -0.05) is 36.8 Å². The van der Waals surface area contributed by atoms with Crippen molar-refractivity contribution in [2.45, 2.75) is 50.9 Å². The largest absolute Gasteiger partial charge is 0.508 e. The highest BCUT2D eigenvalue weighted by Gasteiger charge is 2.40. The number of rotatable bonds is 8. The van der Waals surface area contributed by atoms with Crippen molar-refractivity contribution < 1.29 is 14.3 Å². The fourth-order valence-corrected chi connectivity index (χ4v) is 5.60. The molecule has 162 valence electrons. The second kappa shape index (κ2) is 8.74. The van der Waals surface area contributed by atoms with E-state index < -0.39 is 0 Å².